The van der Waals surface area contributed by atoms with Crippen molar-refractivity contribution in [3.05, 3.63) is 52.8 Å². The minimum Gasteiger partial charge on any atom is -0.395 e. The number of nitrogens with one attached hydrogen (secondary N) is 1. The van der Waals surface area contributed by atoms with E-state index in [0.29, 0.717) is 16.0 Å². The number of rotatable bonds is 3. The van der Waals surface area contributed by atoms with Crippen molar-refractivity contribution in [3.63, 3.8) is 0 Å². The predicted octanol–water partition coefficient (Wildman–Crippen LogP) is 2.41. The number of aliphatic hydroxyl groups is 2. The van der Waals surface area contributed by atoms with Crippen LogP contribution in [0.4, 0.5) is 13.6 Å². The van der Waals surface area contributed by atoms with E-state index < -0.39 is 42.0 Å². The van der Waals surface area contributed by atoms with Crippen molar-refractivity contribution in [1.29, 1.82) is 0 Å². The molecule has 1 aromatic carbocycles. The molecule has 2 aromatic rings. The SMILES string of the molecule is C[C@@H](NC(=O)N1C(=O)[C@H](C#Cc2ccnc(Cl)c2)[C@H]1C(C)(O)O)c1ccc2c(c1)OC(F)(F)O2. The molecule has 34 heavy (non-hydrogen) atoms. The van der Waals surface area contributed by atoms with Crippen molar-refractivity contribution in [2.75, 3.05) is 0 Å². The number of hydrogen-bond donors (Lipinski definition) is 3. The zero-order valence-corrected chi connectivity index (χ0v) is 18.5. The third-order valence-corrected chi connectivity index (χ3v) is 5.45. The number of pyridine rings is 1. The molecule has 1 aromatic heterocycles. The quantitative estimate of drug-likeness (QED) is 0.260. The third kappa shape index (κ3) is 4.61. The van der Waals surface area contributed by atoms with E-state index >= 15 is 0 Å². The van der Waals surface area contributed by atoms with Crippen LogP contribution in [-0.4, -0.2) is 50.2 Å². The third-order valence-electron chi connectivity index (χ3n) is 5.24. The standard InChI is InChI=1S/C22H18ClF2N3O6/c1-11(13-4-6-15-16(10-13)34-22(24,25)33-15)27-20(30)28-18(21(2,31)32)14(19(28)29)5-3-12-7-8-26-17(23)9-12/h4,6-11,14,18,31-32H,1-2H3,(H,27,30)/t11-,14-,18+/m1/s1. The van der Waals surface area contributed by atoms with E-state index in [1.54, 1.807) is 13.0 Å². The van der Waals surface area contributed by atoms with Gasteiger partial charge in [0.25, 0.3) is 0 Å². The van der Waals surface area contributed by atoms with Gasteiger partial charge in [0.1, 0.15) is 17.1 Å². The molecule has 0 unspecified atom stereocenters. The van der Waals surface area contributed by atoms with Crippen LogP contribution in [0, 0.1) is 17.8 Å². The van der Waals surface area contributed by atoms with Gasteiger partial charge in [-0.1, -0.05) is 29.5 Å². The Balaban J connectivity index is 1.49. The van der Waals surface area contributed by atoms with E-state index in [1.165, 1.54) is 30.5 Å². The Bertz CT molecular complexity index is 1220. The second-order valence-electron chi connectivity index (χ2n) is 7.91. The summed E-state index contributed by atoms with van der Waals surface area (Å²) < 4.78 is 35.2. The number of hydrogen-bond acceptors (Lipinski definition) is 7. The number of imide groups is 1. The number of likely N-dealkylation sites (tertiary alicyclic amines) is 1. The highest BCUT2D eigenvalue weighted by Crippen LogP contribution is 2.42. The summed E-state index contributed by atoms with van der Waals surface area (Å²) in [7, 11) is 0. The van der Waals surface area contributed by atoms with Gasteiger partial charge in [-0.25, -0.2) is 9.78 Å². The van der Waals surface area contributed by atoms with Crippen LogP contribution < -0.4 is 14.8 Å². The van der Waals surface area contributed by atoms with Crippen molar-refractivity contribution < 1.29 is 38.1 Å². The first-order valence-electron chi connectivity index (χ1n) is 9.97. The van der Waals surface area contributed by atoms with Gasteiger partial charge in [0.15, 0.2) is 17.3 Å². The summed E-state index contributed by atoms with van der Waals surface area (Å²) in [6.45, 7) is 2.58. The second-order valence-corrected chi connectivity index (χ2v) is 8.29. The van der Waals surface area contributed by atoms with Gasteiger partial charge < -0.3 is 25.0 Å². The minimum absolute atomic E-state index is 0.154. The molecule has 0 saturated carbocycles. The molecule has 3 atom stereocenters. The summed E-state index contributed by atoms with van der Waals surface area (Å²) in [5.41, 5.74) is 0.841. The van der Waals surface area contributed by atoms with Crippen LogP contribution in [0.1, 0.15) is 31.0 Å². The van der Waals surface area contributed by atoms with Gasteiger partial charge in [0.2, 0.25) is 5.91 Å². The van der Waals surface area contributed by atoms with Gasteiger partial charge in [-0.15, -0.1) is 8.78 Å². The fourth-order valence-electron chi connectivity index (χ4n) is 3.63. The number of halogens is 3. The monoisotopic (exact) mass is 493 g/mol. The molecule has 0 radical (unpaired) electrons. The number of β-lactam (4-membered cyclic amide) rings is 1. The lowest BCUT2D eigenvalue weighted by Crippen LogP contribution is -2.72. The summed E-state index contributed by atoms with van der Waals surface area (Å²) in [6.07, 6.45) is -2.36. The lowest BCUT2D eigenvalue weighted by atomic mass is 9.82. The number of amides is 3. The van der Waals surface area contributed by atoms with Crippen LogP contribution in [0.5, 0.6) is 11.5 Å². The molecular weight excluding hydrogens is 476 g/mol. The Morgan fingerprint density at radius 2 is 2.00 bits per heavy atom. The van der Waals surface area contributed by atoms with Crippen LogP contribution in [0.2, 0.25) is 5.15 Å². The highest BCUT2D eigenvalue weighted by atomic mass is 35.5. The van der Waals surface area contributed by atoms with Gasteiger partial charge in [-0.05, 0) is 43.7 Å². The highest BCUT2D eigenvalue weighted by Gasteiger charge is 2.58. The number of urea groups is 1. The Kier molecular flexibility index (Phi) is 5.85. The maximum absolute atomic E-state index is 13.2. The number of benzene rings is 1. The molecule has 3 N–H and O–H groups in total. The molecule has 12 heteroatoms. The van der Waals surface area contributed by atoms with Gasteiger partial charge in [-0.3, -0.25) is 9.69 Å². The molecule has 0 bridgehead atoms. The molecule has 178 valence electrons. The van der Waals surface area contributed by atoms with Crippen LogP contribution in [-0.2, 0) is 4.79 Å². The fourth-order valence-corrected chi connectivity index (χ4v) is 3.80. The molecule has 3 amide bonds. The number of alkyl halides is 2. The Hall–Kier alpha value is -3.46. The number of fused-ring (bicyclic) bond motifs is 1. The van der Waals surface area contributed by atoms with E-state index in [9.17, 15) is 28.6 Å². The van der Waals surface area contributed by atoms with E-state index in [0.717, 1.165) is 6.92 Å². The first-order chi connectivity index (χ1) is 15.9. The first kappa shape index (κ1) is 23.7. The molecule has 0 aliphatic carbocycles. The second kappa shape index (κ2) is 8.39. The van der Waals surface area contributed by atoms with Gasteiger partial charge in [0.05, 0.1) is 6.04 Å². The van der Waals surface area contributed by atoms with Crippen molar-refractivity contribution in [1.82, 2.24) is 15.2 Å². The summed E-state index contributed by atoms with van der Waals surface area (Å²) >= 11 is 5.81. The maximum atomic E-state index is 13.2. The van der Waals surface area contributed by atoms with E-state index in [4.69, 9.17) is 11.6 Å². The van der Waals surface area contributed by atoms with Crippen LogP contribution in [0.25, 0.3) is 0 Å². The molecule has 1 saturated heterocycles. The van der Waals surface area contributed by atoms with E-state index in [-0.39, 0.29) is 16.7 Å². The lowest BCUT2D eigenvalue weighted by Gasteiger charge is -2.47. The number of carbonyl (C=O) groups excluding carboxylic acids is 2. The summed E-state index contributed by atoms with van der Waals surface area (Å²) in [5.74, 6) is 0.666. The average Bonchev–Trinajstić information content (AvgIpc) is 3.03. The van der Waals surface area contributed by atoms with Crippen LogP contribution in [0.3, 0.4) is 0 Å². The smallest absolute Gasteiger partial charge is 0.395 e. The molecule has 0 spiro atoms. The lowest BCUT2D eigenvalue weighted by molar-refractivity contribution is -0.286. The van der Waals surface area contributed by atoms with Gasteiger partial charge >= 0.3 is 12.3 Å². The Morgan fingerprint density at radius 3 is 2.68 bits per heavy atom. The minimum atomic E-state index is -3.78. The topological polar surface area (TPSA) is 121 Å². The summed E-state index contributed by atoms with van der Waals surface area (Å²) in [4.78, 5) is 30.0. The molecule has 4 rings (SSSR count). The van der Waals surface area contributed by atoms with Crippen molar-refractivity contribution in [2.45, 2.75) is 38.0 Å². The average molecular weight is 494 g/mol. The zero-order chi connectivity index (χ0) is 24.8. The van der Waals surface area contributed by atoms with Crippen molar-refractivity contribution in [2.24, 2.45) is 5.92 Å². The normalized spacial score (nSPS) is 21.3. The molecular formula is C22H18ClF2N3O6. The number of nitrogens with zero attached hydrogens (tertiary/aromatic N) is 2. The maximum Gasteiger partial charge on any atom is 0.586 e. The summed E-state index contributed by atoms with van der Waals surface area (Å²) in [5, 5.41) is 23.1. The molecule has 1 fully saturated rings. The number of aromatic nitrogens is 1. The first-order valence-corrected chi connectivity index (χ1v) is 10.3. The fraction of sp³-hybridized carbons (Fsp3) is 0.318. The van der Waals surface area contributed by atoms with Crippen molar-refractivity contribution >= 4 is 23.5 Å². The predicted molar refractivity (Wildman–Crippen MR) is 113 cm³/mol. The number of carbonyl (C=O) groups is 2. The van der Waals surface area contributed by atoms with E-state index in [2.05, 4.69) is 31.6 Å². The zero-order valence-electron chi connectivity index (χ0n) is 17.8. The van der Waals surface area contributed by atoms with E-state index in [1.807, 2.05) is 0 Å². The molecule has 2 aliphatic rings. The number of ether oxygens (including phenoxy) is 2. The molecule has 2 aliphatic heterocycles. The largest absolute Gasteiger partial charge is 0.586 e. The van der Waals surface area contributed by atoms with Gasteiger partial charge in [-0.2, -0.15) is 0 Å². The molecule has 9 nitrogen and oxygen atoms in total. The van der Waals surface area contributed by atoms with Crippen LogP contribution in [0.15, 0.2) is 36.5 Å². The van der Waals surface area contributed by atoms with Gasteiger partial charge in [0, 0.05) is 11.8 Å². The van der Waals surface area contributed by atoms with Crippen molar-refractivity contribution in [3.8, 4) is 23.3 Å². The Labute approximate surface area is 197 Å². The molecule has 3 heterocycles. The highest BCUT2D eigenvalue weighted by molar-refractivity contribution is 6.29. The summed E-state index contributed by atoms with van der Waals surface area (Å²) in [6, 6.07) is 3.99. The van der Waals surface area contributed by atoms with Crippen LogP contribution >= 0.6 is 11.6 Å². The Morgan fingerprint density at radius 1 is 1.29 bits per heavy atom.